The molecule has 2 N–H and O–H groups in total. The summed E-state index contributed by atoms with van der Waals surface area (Å²) < 4.78 is 65.4. The fourth-order valence-electron chi connectivity index (χ4n) is 3.77. The fraction of sp³-hybridized carbons (Fsp3) is 0.480. The second-order valence-corrected chi connectivity index (χ2v) is 8.13. The first-order valence-electron chi connectivity index (χ1n) is 13.3. The van der Waals surface area contributed by atoms with Crippen LogP contribution in [0.15, 0.2) is 24.4 Å². The number of nitrogens with one attached hydrogen (secondary N) is 2. The zero-order valence-electron chi connectivity index (χ0n) is 25.2. The number of hydrogen-bond acceptors (Lipinski definition) is 11. The molecule has 1 saturated heterocycles. The van der Waals surface area contributed by atoms with Gasteiger partial charge in [-0.05, 0) is 30.1 Å². The Labute approximate surface area is 223 Å². The minimum Gasteiger partial charge on any atom is -0.467 e. The van der Waals surface area contributed by atoms with Crippen molar-refractivity contribution >= 4 is 40.7 Å². The maximum atomic E-state index is 12.6. The topological polar surface area (TPSA) is 169 Å². The van der Waals surface area contributed by atoms with Crippen molar-refractivity contribution in [3.8, 4) is 5.75 Å². The molecule has 13 nitrogen and oxygen atoms in total. The quantitative estimate of drug-likeness (QED) is 0.344. The average molecular weight is 539 g/mol. The Bertz CT molecular complexity index is 1380. The molecule has 0 aliphatic carbocycles. The number of amides is 1. The lowest BCUT2D eigenvalue weighted by Crippen LogP contribution is -2.64. The van der Waals surface area contributed by atoms with Crippen LogP contribution < -0.4 is 10.1 Å². The lowest BCUT2D eigenvalue weighted by atomic mass is 9.97. The van der Waals surface area contributed by atoms with Crippen LogP contribution in [0.5, 0.6) is 5.75 Å². The van der Waals surface area contributed by atoms with Gasteiger partial charge in [0.1, 0.15) is 5.75 Å². The Kier molecular flexibility index (Phi) is 7.52. The summed E-state index contributed by atoms with van der Waals surface area (Å²) in [6, 6.07) is 4.22. The number of carbonyl (C=O) groups is 5. The Hall–Kier alpha value is -4.13. The predicted octanol–water partition coefficient (Wildman–Crippen LogP) is 0.918. The van der Waals surface area contributed by atoms with Crippen LogP contribution in [0.25, 0.3) is 10.9 Å². The number of aromatic amines is 1. The molecule has 0 spiro atoms. The predicted molar refractivity (Wildman–Crippen MR) is 129 cm³/mol. The first kappa shape index (κ1) is 23.0. The van der Waals surface area contributed by atoms with Crippen LogP contribution >= 0.6 is 0 Å². The minimum atomic E-state index is -2.81. The third-order valence-electron chi connectivity index (χ3n) is 5.18. The van der Waals surface area contributed by atoms with Crippen molar-refractivity contribution in [2.75, 3.05) is 13.6 Å². The van der Waals surface area contributed by atoms with Crippen LogP contribution in [0.3, 0.4) is 0 Å². The summed E-state index contributed by atoms with van der Waals surface area (Å²) in [4.78, 5) is 62.8. The number of aryl methyl sites for hydroxylation is 1. The van der Waals surface area contributed by atoms with Gasteiger partial charge in [-0.2, -0.15) is 0 Å². The number of ether oxygens (including phenoxy) is 6. The smallest absolute Gasteiger partial charge is 0.339 e. The zero-order chi connectivity index (χ0) is 31.6. The Balaban J connectivity index is 2.08. The summed E-state index contributed by atoms with van der Waals surface area (Å²) in [7, 11) is 1.04. The molecular weight excluding hydrogens is 504 g/mol. The third-order valence-corrected chi connectivity index (χ3v) is 5.18. The van der Waals surface area contributed by atoms with Crippen LogP contribution in [-0.4, -0.2) is 79.1 Å². The van der Waals surface area contributed by atoms with Gasteiger partial charge in [0.25, 0.3) is 0 Å². The maximum absolute atomic E-state index is 12.6. The van der Waals surface area contributed by atoms with Gasteiger partial charge in [0.15, 0.2) is 18.3 Å². The molecule has 1 aromatic heterocycles. The average Bonchev–Trinajstić information content (AvgIpc) is 3.29. The Morgan fingerprint density at radius 2 is 1.61 bits per heavy atom. The van der Waals surface area contributed by atoms with Crippen molar-refractivity contribution in [2.45, 2.75) is 64.8 Å². The van der Waals surface area contributed by atoms with Crippen LogP contribution in [0, 0.1) is 0 Å². The molecule has 1 aromatic carbocycles. The minimum absolute atomic E-state index is 0.0301. The number of rotatable bonds is 9. The zero-order valence-corrected chi connectivity index (χ0v) is 21.2. The van der Waals surface area contributed by atoms with E-state index in [1.165, 1.54) is 24.4 Å². The standard InChI is InChI=1S/C25H30N2O11/c1-12(28)26-9-8-16-11-27-19-7-6-17(10-18(16)19)37-25-23(36-15(4)31)21(35-14(3)30)20(34-13(2)29)22(38-25)24(32)33-5/h6-7,10-11,20-23,25,27H,8-9H2,1-5H3,(H,26,28)/t20-,21-,22-,23+,25+/m0/s1/i8D2,9D2. The van der Waals surface area contributed by atoms with Crippen LogP contribution in [0.4, 0.5) is 0 Å². The van der Waals surface area contributed by atoms with Crippen molar-refractivity contribution in [3.63, 3.8) is 0 Å². The summed E-state index contributed by atoms with van der Waals surface area (Å²) in [6.45, 7) is 1.38. The van der Waals surface area contributed by atoms with E-state index in [4.69, 9.17) is 33.9 Å². The summed E-state index contributed by atoms with van der Waals surface area (Å²) in [5.41, 5.74) is 0.212. The van der Waals surface area contributed by atoms with E-state index in [0.29, 0.717) is 5.52 Å². The van der Waals surface area contributed by atoms with Gasteiger partial charge in [0.2, 0.25) is 18.3 Å². The van der Waals surface area contributed by atoms with E-state index in [-0.39, 0.29) is 16.7 Å². The summed E-state index contributed by atoms with van der Waals surface area (Å²) in [6.07, 6.45) is -9.58. The second kappa shape index (κ2) is 12.4. The highest BCUT2D eigenvalue weighted by Crippen LogP contribution is 2.32. The van der Waals surface area contributed by atoms with Crippen molar-refractivity contribution in [3.05, 3.63) is 30.0 Å². The van der Waals surface area contributed by atoms with E-state index in [0.717, 1.165) is 34.8 Å². The van der Waals surface area contributed by atoms with Gasteiger partial charge >= 0.3 is 23.9 Å². The molecule has 0 radical (unpaired) electrons. The van der Waals surface area contributed by atoms with E-state index >= 15 is 0 Å². The molecule has 13 heteroatoms. The number of esters is 4. The van der Waals surface area contributed by atoms with Crippen LogP contribution in [0.2, 0.25) is 0 Å². The first-order chi connectivity index (χ1) is 19.5. The van der Waals surface area contributed by atoms with Crippen molar-refractivity contribution in [1.82, 2.24) is 10.3 Å². The molecule has 0 saturated carbocycles. The fourth-order valence-corrected chi connectivity index (χ4v) is 3.77. The number of aromatic nitrogens is 1. The number of benzene rings is 1. The molecule has 1 aliphatic rings. The van der Waals surface area contributed by atoms with Gasteiger partial charge in [-0.1, -0.05) is 0 Å². The van der Waals surface area contributed by atoms with E-state index in [1.807, 2.05) is 5.32 Å². The molecule has 5 atom stereocenters. The Morgan fingerprint density at radius 3 is 2.21 bits per heavy atom. The molecule has 2 aromatic rings. The van der Waals surface area contributed by atoms with Crippen LogP contribution in [-0.2, 0) is 54.0 Å². The van der Waals surface area contributed by atoms with E-state index in [9.17, 15) is 24.0 Å². The number of fused-ring (bicyclic) bond motifs is 1. The highest BCUT2D eigenvalue weighted by Gasteiger charge is 2.55. The number of hydrogen-bond donors (Lipinski definition) is 2. The summed E-state index contributed by atoms with van der Waals surface area (Å²) in [5, 5.41) is 2.12. The summed E-state index contributed by atoms with van der Waals surface area (Å²) in [5.74, 6) is -4.43. The Morgan fingerprint density at radius 1 is 0.974 bits per heavy atom. The van der Waals surface area contributed by atoms with E-state index < -0.39 is 73.4 Å². The van der Waals surface area contributed by atoms with Crippen LogP contribution in [0.1, 0.15) is 38.7 Å². The molecule has 1 amide bonds. The molecule has 206 valence electrons. The summed E-state index contributed by atoms with van der Waals surface area (Å²) >= 11 is 0. The van der Waals surface area contributed by atoms with Gasteiger partial charge in [-0.15, -0.1) is 0 Å². The molecule has 2 heterocycles. The van der Waals surface area contributed by atoms with Gasteiger partial charge in [-0.25, -0.2) is 4.79 Å². The molecule has 1 fully saturated rings. The molecule has 0 bridgehead atoms. The molecule has 38 heavy (non-hydrogen) atoms. The highest BCUT2D eigenvalue weighted by molar-refractivity contribution is 5.85. The molecule has 3 rings (SSSR count). The van der Waals surface area contributed by atoms with Crippen molar-refractivity contribution in [1.29, 1.82) is 0 Å². The van der Waals surface area contributed by atoms with Gasteiger partial charge < -0.3 is 38.7 Å². The van der Waals surface area contributed by atoms with Gasteiger partial charge in [0.05, 0.1) is 7.11 Å². The molecule has 0 unspecified atom stereocenters. The largest absolute Gasteiger partial charge is 0.467 e. The third kappa shape index (κ3) is 7.00. The van der Waals surface area contributed by atoms with E-state index in [1.54, 1.807) is 0 Å². The number of methoxy groups -OCH3 is 1. The normalized spacial score (nSPS) is 25.0. The van der Waals surface area contributed by atoms with Gasteiger partial charge in [0, 0.05) is 56.8 Å². The first-order valence-corrected chi connectivity index (χ1v) is 11.3. The SMILES string of the molecule is [2H]C([2H])(NC(C)=O)C([2H])([2H])c1c[nH]c2ccc(O[C@@H]3O[C@H](C(=O)OC)[C@@H](OC(C)=O)[C@H](OC(C)=O)[C@H]3OC(C)=O)cc12. The van der Waals surface area contributed by atoms with E-state index in [2.05, 4.69) is 4.98 Å². The monoisotopic (exact) mass is 538 g/mol. The lowest BCUT2D eigenvalue weighted by Gasteiger charge is -2.43. The highest BCUT2D eigenvalue weighted by atomic mass is 16.7. The number of H-pyrrole nitrogens is 1. The van der Waals surface area contributed by atoms with Crippen molar-refractivity contribution in [2.24, 2.45) is 0 Å². The molecule has 1 aliphatic heterocycles. The number of carbonyl (C=O) groups excluding carboxylic acids is 5. The second-order valence-electron chi connectivity index (χ2n) is 8.13. The van der Waals surface area contributed by atoms with Gasteiger partial charge in [-0.3, -0.25) is 19.2 Å². The maximum Gasteiger partial charge on any atom is 0.339 e. The van der Waals surface area contributed by atoms with Crippen molar-refractivity contribution < 1.29 is 57.9 Å². The molecular formula is C25H30N2O11. The lowest BCUT2D eigenvalue weighted by molar-refractivity contribution is -0.282.